The summed E-state index contributed by atoms with van der Waals surface area (Å²) in [5.41, 5.74) is 0.217. The fourth-order valence-electron chi connectivity index (χ4n) is 1.20. The van der Waals surface area contributed by atoms with Gasteiger partial charge in [-0.25, -0.2) is 4.79 Å². The molecule has 0 saturated heterocycles. The standard InChI is InChI=1S/C10H11BrO5/c1-14-6-4-5(10(13)16-3)7(11)9(15-2)8(6)12/h4,12H,1-3H3. The number of benzene rings is 1. The highest BCUT2D eigenvalue weighted by molar-refractivity contribution is 9.10. The SMILES string of the molecule is COC(=O)c1cc(OC)c(O)c(OC)c1Br. The minimum absolute atomic E-state index is 0.125. The summed E-state index contributed by atoms with van der Waals surface area (Å²) in [4.78, 5) is 11.4. The lowest BCUT2D eigenvalue weighted by Crippen LogP contribution is -2.04. The highest BCUT2D eigenvalue weighted by Crippen LogP contribution is 2.43. The molecule has 0 aromatic heterocycles. The number of halogens is 1. The van der Waals surface area contributed by atoms with Gasteiger partial charge in [-0.15, -0.1) is 0 Å². The molecule has 1 rings (SSSR count). The lowest BCUT2D eigenvalue weighted by Gasteiger charge is -2.12. The predicted molar refractivity (Wildman–Crippen MR) is 60.3 cm³/mol. The number of phenols is 1. The van der Waals surface area contributed by atoms with Crippen LogP contribution in [0.3, 0.4) is 0 Å². The zero-order valence-electron chi connectivity index (χ0n) is 9.04. The van der Waals surface area contributed by atoms with Crippen molar-refractivity contribution in [2.24, 2.45) is 0 Å². The van der Waals surface area contributed by atoms with E-state index in [0.717, 1.165) is 0 Å². The number of hydrogen-bond donors (Lipinski definition) is 1. The summed E-state index contributed by atoms with van der Waals surface area (Å²) < 4.78 is 14.8. The Kier molecular flexibility index (Phi) is 4.00. The number of rotatable bonds is 3. The van der Waals surface area contributed by atoms with Gasteiger partial charge in [-0.1, -0.05) is 0 Å². The van der Waals surface area contributed by atoms with Gasteiger partial charge in [0.1, 0.15) is 0 Å². The van der Waals surface area contributed by atoms with E-state index in [-0.39, 0.29) is 22.8 Å². The Hall–Kier alpha value is -1.43. The van der Waals surface area contributed by atoms with Gasteiger partial charge in [0.15, 0.2) is 11.5 Å². The van der Waals surface area contributed by atoms with E-state index >= 15 is 0 Å². The first-order valence-corrected chi connectivity index (χ1v) is 5.07. The minimum atomic E-state index is -0.552. The molecule has 0 unspecified atom stereocenters. The Labute approximate surface area is 101 Å². The molecule has 0 aliphatic heterocycles. The first-order valence-electron chi connectivity index (χ1n) is 4.28. The zero-order chi connectivity index (χ0) is 12.3. The normalized spacial score (nSPS) is 9.75. The van der Waals surface area contributed by atoms with Crippen LogP contribution in [0.1, 0.15) is 10.4 Å². The third-order valence-electron chi connectivity index (χ3n) is 1.99. The Balaban J connectivity index is 3.46. The van der Waals surface area contributed by atoms with Crippen LogP contribution in [-0.4, -0.2) is 32.4 Å². The molecular formula is C10H11BrO5. The van der Waals surface area contributed by atoms with Crippen LogP contribution in [0.4, 0.5) is 0 Å². The van der Waals surface area contributed by atoms with Gasteiger partial charge >= 0.3 is 5.97 Å². The lowest BCUT2D eigenvalue weighted by molar-refractivity contribution is 0.0598. The molecule has 0 radical (unpaired) electrons. The molecule has 0 aliphatic rings. The van der Waals surface area contributed by atoms with Crippen molar-refractivity contribution >= 4 is 21.9 Å². The van der Waals surface area contributed by atoms with E-state index in [9.17, 15) is 9.90 Å². The highest BCUT2D eigenvalue weighted by Gasteiger charge is 2.21. The first kappa shape index (κ1) is 12.6. The van der Waals surface area contributed by atoms with Gasteiger partial charge in [-0.2, -0.15) is 0 Å². The molecular weight excluding hydrogens is 280 g/mol. The van der Waals surface area contributed by atoms with Crippen LogP contribution in [0.2, 0.25) is 0 Å². The number of ether oxygens (including phenoxy) is 3. The van der Waals surface area contributed by atoms with Crippen molar-refractivity contribution in [3.05, 3.63) is 16.1 Å². The van der Waals surface area contributed by atoms with Crippen LogP contribution in [0.5, 0.6) is 17.2 Å². The maximum absolute atomic E-state index is 11.4. The largest absolute Gasteiger partial charge is 0.502 e. The van der Waals surface area contributed by atoms with Gasteiger partial charge in [0.2, 0.25) is 5.75 Å². The summed E-state index contributed by atoms with van der Waals surface area (Å²) in [6.07, 6.45) is 0. The topological polar surface area (TPSA) is 65.0 Å². The van der Waals surface area contributed by atoms with Gasteiger partial charge in [0.25, 0.3) is 0 Å². The molecule has 0 bridgehead atoms. The number of esters is 1. The van der Waals surface area contributed by atoms with Crippen molar-refractivity contribution in [3.8, 4) is 17.2 Å². The first-order chi connectivity index (χ1) is 7.56. The summed E-state index contributed by atoms with van der Waals surface area (Å²) >= 11 is 3.16. The molecule has 0 aliphatic carbocycles. The Morgan fingerprint density at radius 3 is 2.38 bits per heavy atom. The van der Waals surface area contributed by atoms with E-state index in [2.05, 4.69) is 20.7 Å². The second-order valence-electron chi connectivity index (χ2n) is 2.81. The number of methoxy groups -OCH3 is 3. The summed E-state index contributed by atoms with van der Waals surface area (Å²) in [7, 11) is 4.02. The fraction of sp³-hybridized carbons (Fsp3) is 0.300. The molecule has 1 N–H and O–H groups in total. The van der Waals surface area contributed by atoms with E-state index in [1.807, 2.05) is 0 Å². The van der Waals surface area contributed by atoms with Gasteiger partial charge < -0.3 is 19.3 Å². The van der Waals surface area contributed by atoms with Crippen LogP contribution in [-0.2, 0) is 4.74 Å². The Morgan fingerprint density at radius 1 is 1.31 bits per heavy atom. The maximum atomic E-state index is 11.4. The summed E-state index contributed by atoms with van der Waals surface area (Å²) in [6, 6.07) is 1.37. The number of hydrogen-bond acceptors (Lipinski definition) is 5. The molecule has 16 heavy (non-hydrogen) atoms. The zero-order valence-corrected chi connectivity index (χ0v) is 10.6. The molecule has 0 saturated carbocycles. The molecule has 0 spiro atoms. The van der Waals surface area contributed by atoms with Crippen LogP contribution < -0.4 is 9.47 Å². The highest BCUT2D eigenvalue weighted by atomic mass is 79.9. The third kappa shape index (κ3) is 2.06. The third-order valence-corrected chi connectivity index (χ3v) is 2.78. The van der Waals surface area contributed by atoms with Gasteiger partial charge in [-0.05, 0) is 22.0 Å². The van der Waals surface area contributed by atoms with Gasteiger partial charge in [-0.3, -0.25) is 0 Å². The molecule has 0 amide bonds. The van der Waals surface area contributed by atoms with Crippen LogP contribution in [0, 0.1) is 0 Å². The molecule has 1 aromatic rings. The lowest BCUT2D eigenvalue weighted by atomic mass is 10.2. The molecule has 0 heterocycles. The number of aromatic hydroxyl groups is 1. The van der Waals surface area contributed by atoms with Crippen molar-refractivity contribution in [2.75, 3.05) is 21.3 Å². The van der Waals surface area contributed by atoms with E-state index in [4.69, 9.17) is 9.47 Å². The smallest absolute Gasteiger partial charge is 0.339 e. The quantitative estimate of drug-likeness (QED) is 0.862. The fourth-order valence-corrected chi connectivity index (χ4v) is 1.83. The molecule has 88 valence electrons. The molecule has 0 fully saturated rings. The van der Waals surface area contributed by atoms with Crippen molar-refractivity contribution in [2.45, 2.75) is 0 Å². The maximum Gasteiger partial charge on any atom is 0.339 e. The van der Waals surface area contributed by atoms with Gasteiger partial charge in [0, 0.05) is 0 Å². The molecule has 1 aromatic carbocycles. The summed E-state index contributed by atoms with van der Waals surface area (Å²) in [6.45, 7) is 0. The minimum Gasteiger partial charge on any atom is -0.502 e. The average molecular weight is 291 g/mol. The summed E-state index contributed by atoms with van der Waals surface area (Å²) in [5, 5.41) is 9.72. The molecule has 5 nitrogen and oxygen atoms in total. The van der Waals surface area contributed by atoms with Crippen molar-refractivity contribution < 1.29 is 24.1 Å². The van der Waals surface area contributed by atoms with Crippen molar-refractivity contribution in [1.29, 1.82) is 0 Å². The second kappa shape index (κ2) is 5.07. The van der Waals surface area contributed by atoms with Crippen LogP contribution in [0.25, 0.3) is 0 Å². The van der Waals surface area contributed by atoms with E-state index < -0.39 is 5.97 Å². The number of carbonyl (C=O) groups is 1. The molecule has 0 atom stereocenters. The van der Waals surface area contributed by atoms with Crippen LogP contribution in [0.15, 0.2) is 10.5 Å². The summed E-state index contributed by atoms with van der Waals surface area (Å²) in [5.74, 6) is -0.465. The number of carbonyl (C=O) groups excluding carboxylic acids is 1. The number of phenolic OH excluding ortho intramolecular Hbond substituents is 1. The van der Waals surface area contributed by atoms with E-state index in [1.54, 1.807) is 0 Å². The average Bonchev–Trinajstić information content (AvgIpc) is 2.29. The Morgan fingerprint density at radius 2 is 1.94 bits per heavy atom. The Bertz CT molecular complexity index is 416. The van der Waals surface area contributed by atoms with E-state index in [1.165, 1.54) is 27.4 Å². The van der Waals surface area contributed by atoms with Crippen LogP contribution >= 0.6 is 15.9 Å². The van der Waals surface area contributed by atoms with Crippen molar-refractivity contribution in [3.63, 3.8) is 0 Å². The van der Waals surface area contributed by atoms with Gasteiger partial charge in [0.05, 0.1) is 31.4 Å². The second-order valence-corrected chi connectivity index (χ2v) is 3.61. The monoisotopic (exact) mass is 290 g/mol. The van der Waals surface area contributed by atoms with Crippen molar-refractivity contribution in [1.82, 2.24) is 0 Å². The van der Waals surface area contributed by atoms with E-state index in [0.29, 0.717) is 4.47 Å². The molecule has 6 heteroatoms. The predicted octanol–water partition coefficient (Wildman–Crippen LogP) is 1.96.